The fraction of sp³-hybridized carbons (Fsp3) is 0.217. The number of rotatable bonds is 9. The third kappa shape index (κ3) is 7.34. The lowest BCUT2D eigenvalue weighted by atomic mass is 10.0. The molecular formula is C23H24N2O4S2. The molecule has 162 valence electrons. The summed E-state index contributed by atoms with van der Waals surface area (Å²) in [5, 5.41) is 7.51. The van der Waals surface area contributed by atoms with Crippen molar-refractivity contribution in [2.75, 3.05) is 6.26 Å². The molecule has 1 unspecified atom stereocenters. The number of amides is 2. The molecule has 2 aromatic carbocycles. The van der Waals surface area contributed by atoms with Crippen molar-refractivity contribution >= 4 is 33.0 Å². The van der Waals surface area contributed by atoms with E-state index in [4.69, 9.17) is 0 Å². The number of hydrogen-bond acceptors (Lipinski definition) is 5. The van der Waals surface area contributed by atoms with Crippen LogP contribution in [0.25, 0.3) is 0 Å². The number of hydrogen-bond donors (Lipinski definition) is 2. The minimum absolute atomic E-state index is 0.0203. The topological polar surface area (TPSA) is 92.3 Å². The van der Waals surface area contributed by atoms with E-state index in [0.29, 0.717) is 16.9 Å². The maximum absolute atomic E-state index is 12.9. The van der Waals surface area contributed by atoms with Crippen molar-refractivity contribution in [3.05, 3.63) is 93.7 Å². The van der Waals surface area contributed by atoms with Crippen LogP contribution in [0.4, 0.5) is 0 Å². The molecule has 2 N–H and O–H groups in total. The van der Waals surface area contributed by atoms with Gasteiger partial charge in [-0.15, -0.1) is 11.3 Å². The Morgan fingerprint density at radius 3 is 2.19 bits per heavy atom. The lowest BCUT2D eigenvalue weighted by Gasteiger charge is -2.18. The largest absolute Gasteiger partial charge is 0.350 e. The Bertz CT molecular complexity index is 1110. The molecule has 8 heteroatoms. The summed E-state index contributed by atoms with van der Waals surface area (Å²) in [6, 6.07) is 19.4. The Labute approximate surface area is 186 Å². The third-order valence-electron chi connectivity index (χ3n) is 4.57. The number of nitrogens with one attached hydrogen (secondary N) is 2. The smallest absolute Gasteiger partial charge is 0.262 e. The third-order valence-corrected chi connectivity index (χ3v) is 6.29. The van der Waals surface area contributed by atoms with Crippen molar-refractivity contribution in [2.45, 2.75) is 24.8 Å². The van der Waals surface area contributed by atoms with Crippen LogP contribution < -0.4 is 10.6 Å². The van der Waals surface area contributed by atoms with Crippen molar-refractivity contribution < 1.29 is 18.0 Å². The normalized spacial score (nSPS) is 12.2. The molecule has 31 heavy (non-hydrogen) atoms. The molecular weight excluding hydrogens is 432 g/mol. The minimum Gasteiger partial charge on any atom is -0.350 e. The number of thiophene rings is 1. The first-order valence-corrected chi connectivity index (χ1v) is 12.7. The molecule has 0 spiro atoms. The van der Waals surface area contributed by atoms with Crippen LogP contribution >= 0.6 is 11.3 Å². The van der Waals surface area contributed by atoms with E-state index in [9.17, 15) is 18.0 Å². The predicted octanol–water partition coefficient (Wildman–Crippen LogP) is 2.95. The zero-order valence-corrected chi connectivity index (χ0v) is 18.7. The maximum Gasteiger partial charge on any atom is 0.262 e. The molecule has 1 aromatic heterocycles. The van der Waals surface area contributed by atoms with Gasteiger partial charge in [0.15, 0.2) is 9.84 Å². The van der Waals surface area contributed by atoms with Gasteiger partial charge in [0.2, 0.25) is 5.91 Å². The predicted molar refractivity (Wildman–Crippen MR) is 123 cm³/mol. The van der Waals surface area contributed by atoms with E-state index in [1.807, 2.05) is 35.7 Å². The van der Waals surface area contributed by atoms with Crippen LogP contribution in [0.1, 0.15) is 26.4 Å². The van der Waals surface area contributed by atoms with Gasteiger partial charge >= 0.3 is 0 Å². The first-order chi connectivity index (χ1) is 14.8. The van der Waals surface area contributed by atoms with Crippen molar-refractivity contribution in [1.82, 2.24) is 10.6 Å². The SMILES string of the molecule is CS(=O)(=O)Cc1ccc(CNC(=O)C(Cc2ccccc2)NC(=O)c2cccs2)cc1. The summed E-state index contributed by atoms with van der Waals surface area (Å²) in [7, 11) is -3.10. The minimum atomic E-state index is -3.10. The van der Waals surface area contributed by atoms with Gasteiger partial charge in [0, 0.05) is 19.2 Å². The molecule has 3 aromatic rings. The Kier molecular flexibility index (Phi) is 7.59. The average Bonchev–Trinajstić information content (AvgIpc) is 3.27. The summed E-state index contributed by atoms with van der Waals surface area (Å²) in [4.78, 5) is 25.9. The van der Waals surface area contributed by atoms with Crippen molar-refractivity contribution in [1.29, 1.82) is 0 Å². The summed E-state index contributed by atoms with van der Waals surface area (Å²) < 4.78 is 22.8. The molecule has 0 aliphatic heterocycles. The summed E-state index contributed by atoms with van der Waals surface area (Å²) in [6.45, 7) is 0.276. The van der Waals surface area contributed by atoms with Gasteiger partial charge in [-0.1, -0.05) is 60.7 Å². The van der Waals surface area contributed by atoms with E-state index >= 15 is 0 Å². The lowest BCUT2D eigenvalue weighted by molar-refractivity contribution is -0.123. The zero-order valence-electron chi connectivity index (χ0n) is 17.1. The Morgan fingerprint density at radius 1 is 0.903 bits per heavy atom. The Hall–Kier alpha value is -2.97. The number of benzene rings is 2. The van der Waals surface area contributed by atoms with Gasteiger partial charge in [0.1, 0.15) is 6.04 Å². The quantitative estimate of drug-likeness (QED) is 0.518. The standard InChI is InChI=1S/C23H24N2O4S2/c1-31(28,29)16-19-11-9-18(10-12-19)15-24-22(26)20(14-17-6-3-2-4-7-17)25-23(27)21-8-5-13-30-21/h2-13,20H,14-16H2,1H3,(H,24,26)(H,25,27). The van der Waals surface area contributed by atoms with Crippen LogP contribution in [-0.2, 0) is 33.4 Å². The van der Waals surface area contributed by atoms with Crippen LogP contribution in [0.15, 0.2) is 72.1 Å². The van der Waals surface area contributed by atoms with Gasteiger partial charge in [-0.3, -0.25) is 9.59 Å². The van der Waals surface area contributed by atoms with Gasteiger partial charge in [-0.05, 0) is 28.1 Å². The van der Waals surface area contributed by atoms with Crippen LogP contribution in [0, 0.1) is 0 Å². The van der Waals surface area contributed by atoms with Crippen molar-refractivity contribution in [3.63, 3.8) is 0 Å². The molecule has 0 fully saturated rings. The van der Waals surface area contributed by atoms with Crippen LogP contribution in [-0.4, -0.2) is 32.5 Å². The monoisotopic (exact) mass is 456 g/mol. The van der Waals surface area contributed by atoms with E-state index in [1.165, 1.54) is 17.6 Å². The number of carbonyl (C=O) groups is 2. The number of carbonyl (C=O) groups excluding carboxylic acids is 2. The molecule has 0 aliphatic rings. The second kappa shape index (κ2) is 10.4. The molecule has 0 bridgehead atoms. The van der Waals surface area contributed by atoms with Gasteiger partial charge in [0.05, 0.1) is 10.6 Å². The summed E-state index contributed by atoms with van der Waals surface area (Å²) in [5.41, 5.74) is 2.48. The summed E-state index contributed by atoms with van der Waals surface area (Å²) in [6.07, 6.45) is 1.57. The summed E-state index contributed by atoms with van der Waals surface area (Å²) in [5.74, 6) is -0.585. The highest BCUT2D eigenvalue weighted by Gasteiger charge is 2.22. The molecule has 0 radical (unpaired) electrons. The molecule has 0 saturated heterocycles. The van der Waals surface area contributed by atoms with E-state index < -0.39 is 15.9 Å². The van der Waals surface area contributed by atoms with Gasteiger partial charge in [0.25, 0.3) is 5.91 Å². The van der Waals surface area contributed by atoms with Gasteiger partial charge < -0.3 is 10.6 Å². The lowest BCUT2D eigenvalue weighted by Crippen LogP contribution is -2.47. The summed E-state index contributed by atoms with van der Waals surface area (Å²) >= 11 is 1.32. The van der Waals surface area contributed by atoms with Crippen LogP contribution in [0.5, 0.6) is 0 Å². The molecule has 3 rings (SSSR count). The second-order valence-corrected chi connectivity index (χ2v) is 10.4. The van der Waals surface area contributed by atoms with Crippen LogP contribution in [0.2, 0.25) is 0 Å². The first-order valence-electron chi connectivity index (χ1n) is 9.72. The molecule has 1 atom stereocenters. The van der Waals surface area contributed by atoms with E-state index in [-0.39, 0.29) is 24.1 Å². The molecule has 1 heterocycles. The fourth-order valence-corrected chi connectivity index (χ4v) is 4.49. The maximum atomic E-state index is 12.9. The number of sulfone groups is 1. The first kappa shape index (κ1) is 22.7. The van der Waals surface area contributed by atoms with Crippen molar-refractivity contribution in [3.8, 4) is 0 Å². The fourth-order valence-electron chi connectivity index (χ4n) is 3.06. The Morgan fingerprint density at radius 2 is 1.58 bits per heavy atom. The Balaban J connectivity index is 1.65. The van der Waals surface area contributed by atoms with Crippen molar-refractivity contribution in [2.24, 2.45) is 0 Å². The molecule has 0 aliphatic carbocycles. The molecule has 0 saturated carbocycles. The highest BCUT2D eigenvalue weighted by atomic mass is 32.2. The zero-order chi connectivity index (χ0) is 22.3. The van der Waals surface area contributed by atoms with Gasteiger partial charge in [-0.2, -0.15) is 0 Å². The van der Waals surface area contributed by atoms with E-state index in [0.717, 1.165) is 11.1 Å². The van der Waals surface area contributed by atoms with Crippen LogP contribution in [0.3, 0.4) is 0 Å². The van der Waals surface area contributed by atoms with Gasteiger partial charge in [-0.25, -0.2) is 8.42 Å². The highest BCUT2D eigenvalue weighted by molar-refractivity contribution is 7.89. The highest BCUT2D eigenvalue weighted by Crippen LogP contribution is 2.11. The van der Waals surface area contributed by atoms with E-state index in [2.05, 4.69) is 10.6 Å². The van der Waals surface area contributed by atoms with E-state index in [1.54, 1.807) is 36.4 Å². The molecule has 2 amide bonds. The second-order valence-electron chi connectivity index (χ2n) is 7.30. The molecule has 6 nitrogen and oxygen atoms in total. The average molecular weight is 457 g/mol.